The molecule has 2 atom stereocenters. The average Bonchev–Trinajstić information content (AvgIpc) is 2.38. The van der Waals surface area contributed by atoms with Gasteiger partial charge in [-0.2, -0.15) is 0 Å². The van der Waals surface area contributed by atoms with Crippen molar-refractivity contribution in [3.63, 3.8) is 0 Å². The first-order valence-electron chi connectivity index (χ1n) is 6.76. The van der Waals surface area contributed by atoms with Crippen molar-refractivity contribution in [2.75, 3.05) is 25.7 Å². The molecule has 0 aromatic heterocycles. The van der Waals surface area contributed by atoms with Gasteiger partial charge in [-0.15, -0.1) is 0 Å². The molecule has 0 saturated carbocycles. The molecule has 0 aliphatic carbocycles. The number of rotatable bonds is 7. The fourth-order valence-electron chi connectivity index (χ4n) is 2.12. The lowest BCUT2D eigenvalue weighted by Gasteiger charge is -2.29. The highest BCUT2D eigenvalue weighted by molar-refractivity contribution is 5.55. The molecule has 1 aromatic rings. The van der Waals surface area contributed by atoms with E-state index in [2.05, 4.69) is 0 Å². The minimum absolute atomic E-state index is 0.0617. The number of halogens is 1. The molecule has 0 bridgehead atoms. The fraction of sp³-hybridized carbons (Fsp3) is 0.600. The van der Waals surface area contributed by atoms with Crippen LogP contribution in [0.15, 0.2) is 18.2 Å². The molecule has 1 aromatic carbocycles. The van der Waals surface area contributed by atoms with E-state index in [1.165, 1.54) is 6.07 Å². The van der Waals surface area contributed by atoms with Crippen LogP contribution in [0.4, 0.5) is 10.1 Å². The summed E-state index contributed by atoms with van der Waals surface area (Å²) in [6.07, 6.45) is 1.57. The number of benzene rings is 1. The van der Waals surface area contributed by atoms with E-state index in [9.17, 15) is 4.39 Å². The maximum Gasteiger partial charge on any atom is 0.146 e. The summed E-state index contributed by atoms with van der Waals surface area (Å²) >= 11 is 0. The summed E-state index contributed by atoms with van der Waals surface area (Å²) in [5.41, 5.74) is 7.59. The largest absolute Gasteiger partial charge is 0.383 e. The van der Waals surface area contributed by atoms with E-state index in [0.717, 1.165) is 12.0 Å². The Morgan fingerprint density at radius 3 is 2.68 bits per heavy atom. The molecular weight excluding hydrogens is 243 g/mol. The Balaban J connectivity index is 3.03. The Hall–Kier alpha value is -1.13. The van der Waals surface area contributed by atoms with Gasteiger partial charge in [0.25, 0.3) is 0 Å². The molecule has 3 nitrogen and oxygen atoms in total. The molecule has 0 aliphatic heterocycles. The first-order valence-corrected chi connectivity index (χ1v) is 6.76. The molecule has 0 aliphatic rings. The fourth-order valence-corrected chi connectivity index (χ4v) is 2.12. The van der Waals surface area contributed by atoms with E-state index in [-0.39, 0.29) is 17.9 Å². The monoisotopic (exact) mass is 268 g/mol. The van der Waals surface area contributed by atoms with Crippen LogP contribution in [0, 0.1) is 5.82 Å². The van der Waals surface area contributed by atoms with Crippen LogP contribution in [-0.4, -0.2) is 32.8 Å². The predicted octanol–water partition coefficient (Wildman–Crippen LogP) is 2.58. The highest BCUT2D eigenvalue weighted by Gasteiger charge is 2.18. The lowest BCUT2D eigenvalue weighted by Crippen LogP contribution is -2.34. The Kier molecular flexibility index (Phi) is 6.25. The highest BCUT2D eigenvalue weighted by Crippen LogP contribution is 2.26. The molecule has 0 fully saturated rings. The lowest BCUT2D eigenvalue weighted by molar-refractivity contribution is 0.183. The number of nitrogens with two attached hydrogens (primary N) is 1. The van der Waals surface area contributed by atoms with Gasteiger partial charge in [0, 0.05) is 26.2 Å². The van der Waals surface area contributed by atoms with E-state index >= 15 is 0 Å². The number of anilines is 1. The van der Waals surface area contributed by atoms with Crippen LogP contribution in [0.5, 0.6) is 0 Å². The van der Waals surface area contributed by atoms with E-state index in [1.54, 1.807) is 13.2 Å². The number of likely N-dealkylation sites (N-methyl/N-ethyl adjacent to an activating group) is 1. The summed E-state index contributed by atoms with van der Waals surface area (Å²) < 4.78 is 19.3. The zero-order valence-corrected chi connectivity index (χ0v) is 12.3. The van der Waals surface area contributed by atoms with Crippen LogP contribution in [-0.2, 0) is 11.2 Å². The molecule has 4 heteroatoms. The van der Waals surface area contributed by atoms with E-state index in [1.807, 2.05) is 31.9 Å². The maximum absolute atomic E-state index is 14.1. The van der Waals surface area contributed by atoms with Crippen LogP contribution in [0.25, 0.3) is 0 Å². The Morgan fingerprint density at radius 1 is 1.42 bits per heavy atom. The maximum atomic E-state index is 14.1. The lowest BCUT2D eigenvalue weighted by atomic mass is 10.0. The summed E-state index contributed by atoms with van der Waals surface area (Å²) in [6.45, 7) is 4.62. The first kappa shape index (κ1) is 15.9. The molecule has 0 heterocycles. The van der Waals surface area contributed by atoms with Gasteiger partial charge in [-0.25, -0.2) is 4.39 Å². The molecule has 108 valence electrons. The predicted molar refractivity (Wildman–Crippen MR) is 78.1 cm³/mol. The summed E-state index contributed by atoms with van der Waals surface area (Å²) in [7, 11) is 3.54. The van der Waals surface area contributed by atoms with Gasteiger partial charge in [0.2, 0.25) is 0 Å². The van der Waals surface area contributed by atoms with Crippen LogP contribution in [0.2, 0.25) is 0 Å². The highest BCUT2D eigenvalue weighted by atomic mass is 19.1. The Morgan fingerprint density at radius 2 is 2.11 bits per heavy atom. The minimum atomic E-state index is -0.203. The van der Waals surface area contributed by atoms with Crippen molar-refractivity contribution in [1.82, 2.24) is 0 Å². The topological polar surface area (TPSA) is 38.5 Å². The summed E-state index contributed by atoms with van der Waals surface area (Å²) in [4.78, 5) is 1.93. The number of ether oxygens (including phenoxy) is 1. The van der Waals surface area contributed by atoms with Crippen molar-refractivity contribution in [3.8, 4) is 0 Å². The van der Waals surface area contributed by atoms with Crippen LogP contribution < -0.4 is 10.6 Å². The number of hydrogen-bond acceptors (Lipinski definition) is 3. The number of methoxy groups -OCH3 is 1. The zero-order chi connectivity index (χ0) is 14.4. The molecule has 1 rings (SSSR count). The zero-order valence-electron chi connectivity index (χ0n) is 12.3. The van der Waals surface area contributed by atoms with Gasteiger partial charge < -0.3 is 15.4 Å². The SMILES string of the molecule is CCC(N)Cc1cccc(F)c1N(C)C(C)COC. The summed E-state index contributed by atoms with van der Waals surface area (Å²) in [5.74, 6) is -0.203. The molecular formula is C15H25FN2O. The Labute approximate surface area is 115 Å². The molecule has 0 spiro atoms. The molecule has 0 radical (unpaired) electrons. The van der Waals surface area contributed by atoms with Crippen molar-refractivity contribution >= 4 is 5.69 Å². The normalized spacial score (nSPS) is 14.2. The molecule has 0 saturated heterocycles. The first-order chi connectivity index (χ1) is 9.01. The van der Waals surface area contributed by atoms with Crippen LogP contribution in [0.3, 0.4) is 0 Å². The van der Waals surface area contributed by atoms with Crippen LogP contribution in [0.1, 0.15) is 25.8 Å². The van der Waals surface area contributed by atoms with Crippen molar-refractivity contribution < 1.29 is 9.13 Å². The number of para-hydroxylation sites is 1. The van der Waals surface area contributed by atoms with Crippen molar-refractivity contribution in [1.29, 1.82) is 0 Å². The number of hydrogen-bond donors (Lipinski definition) is 1. The van der Waals surface area contributed by atoms with Crippen molar-refractivity contribution in [2.45, 2.75) is 38.8 Å². The number of nitrogens with zero attached hydrogens (tertiary/aromatic N) is 1. The van der Waals surface area contributed by atoms with E-state index in [0.29, 0.717) is 18.7 Å². The van der Waals surface area contributed by atoms with Gasteiger partial charge >= 0.3 is 0 Å². The second-order valence-corrected chi connectivity index (χ2v) is 5.04. The molecule has 2 unspecified atom stereocenters. The molecule has 0 amide bonds. The van der Waals surface area contributed by atoms with E-state index < -0.39 is 0 Å². The average molecular weight is 268 g/mol. The van der Waals surface area contributed by atoms with Gasteiger partial charge in [-0.3, -0.25) is 0 Å². The third-order valence-electron chi connectivity index (χ3n) is 3.50. The summed E-state index contributed by atoms with van der Waals surface area (Å²) in [5, 5.41) is 0. The van der Waals surface area contributed by atoms with Gasteiger partial charge in [-0.1, -0.05) is 19.1 Å². The van der Waals surface area contributed by atoms with Crippen LogP contribution >= 0.6 is 0 Å². The summed E-state index contributed by atoms with van der Waals surface area (Å²) in [6, 6.07) is 5.35. The minimum Gasteiger partial charge on any atom is -0.383 e. The van der Waals surface area contributed by atoms with Gasteiger partial charge in [-0.05, 0) is 31.4 Å². The second kappa shape index (κ2) is 7.46. The third-order valence-corrected chi connectivity index (χ3v) is 3.50. The smallest absolute Gasteiger partial charge is 0.146 e. The molecule has 2 N–H and O–H groups in total. The van der Waals surface area contributed by atoms with Gasteiger partial charge in [0.15, 0.2) is 0 Å². The van der Waals surface area contributed by atoms with Crippen molar-refractivity contribution in [2.24, 2.45) is 5.73 Å². The Bertz CT molecular complexity index is 398. The third kappa shape index (κ3) is 4.18. The van der Waals surface area contributed by atoms with Crippen molar-refractivity contribution in [3.05, 3.63) is 29.6 Å². The molecule has 19 heavy (non-hydrogen) atoms. The quantitative estimate of drug-likeness (QED) is 0.826. The van der Waals surface area contributed by atoms with E-state index in [4.69, 9.17) is 10.5 Å². The van der Waals surface area contributed by atoms with Gasteiger partial charge in [0.1, 0.15) is 5.82 Å². The second-order valence-electron chi connectivity index (χ2n) is 5.04. The standard InChI is InChI=1S/C15H25FN2O/c1-5-13(17)9-12-7-6-8-14(16)15(12)18(3)11(2)10-19-4/h6-8,11,13H,5,9-10,17H2,1-4H3. The van der Waals surface area contributed by atoms with Gasteiger partial charge in [0.05, 0.1) is 12.3 Å².